The Kier molecular flexibility index (Phi) is 4.09. The fraction of sp³-hybridized carbons (Fsp3) is 0.125. The third-order valence-electron chi connectivity index (χ3n) is 3.25. The van der Waals surface area contributed by atoms with Crippen LogP contribution in [-0.2, 0) is 4.79 Å². The Labute approximate surface area is 137 Å². The van der Waals surface area contributed by atoms with Gasteiger partial charge in [0.15, 0.2) is 0 Å². The summed E-state index contributed by atoms with van der Waals surface area (Å²) in [5, 5.41) is 6.05. The minimum Gasteiger partial charge on any atom is -0.324 e. The van der Waals surface area contributed by atoms with Gasteiger partial charge in [0.05, 0.1) is 22.2 Å². The molecule has 112 valence electrons. The molecule has 1 aliphatic rings. The Hall–Kier alpha value is -1.98. The van der Waals surface area contributed by atoms with Crippen LogP contribution in [0.15, 0.2) is 41.3 Å². The normalized spacial score (nSPS) is 13.3. The molecule has 0 bridgehead atoms. The first-order valence-electron chi connectivity index (χ1n) is 6.67. The Morgan fingerprint density at radius 2 is 2.09 bits per heavy atom. The number of carbonyl (C=O) groups excluding carboxylic acids is 2. The summed E-state index contributed by atoms with van der Waals surface area (Å²) in [7, 11) is 0. The van der Waals surface area contributed by atoms with Gasteiger partial charge in [0.2, 0.25) is 5.91 Å². The monoisotopic (exact) mass is 332 g/mol. The van der Waals surface area contributed by atoms with Gasteiger partial charge in [-0.05, 0) is 42.8 Å². The van der Waals surface area contributed by atoms with Crippen molar-refractivity contribution in [3.05, 3.63) is 52.5 Å². The molecule has 0 saturated heterocycles. The van der Waals surface area contributed by atoms with E-state index in [-0.39, 0.29) is 11.8 Å². The van der Waals surface area contributed by atoms with Gasteiger partial charge in [-0.2, -0.15) is 0 Å². The van der Waals surface area contributed by atoms with E-state index in [9.17, 15) is 9.59 Å². The molecule has 2 aromatic rings. The van der Waals surface area contributed by atoms with Crippen molar-refractivity contribution in [3.8, 4) is 0 Å². The van der Waals surface area contributed by atoms with E-state index in [2.05, 4.69) is 10.6 Å². The number of carbonyl (C=O) groups is 2. The maximum absolute atomic E-state index is 12.3. The summed E-state index contributed by atoms with van der Waals surface area (Å²) < 4.78 is 0. The summed E-state index contributed by atoms with van der Waals surface area (Å²) in [6.45, 7) is 1.93. The molecule has 0 saturated carbocycles. The number of fused-ring (bicyclic) bond motifs is 1. The first-order chi connectivity index (χ1) is 10.5. The van der Waals surface area contributed by atoms with Crippen molar-refractivity contribution in [1.29, 1.82) is 0 Å². The van der Waals surface area contributed by atoms with Gasteiger partial charge in [-0.15, -0.1) is 11.8 Å². The van der Waals surface area contributed by atoms with Crippen molar-refractivity contribution < 1.29 is 9.59 Å². The molecule has 4 nitrogen and oxygen atoms in total. The van der Waals surface area contributed by atoms with E-state index in [0.29, 0.717) is 27.7 Å². The first kappa shape index (κ1) is 14.9. The van der Waals surface area contributed by atoms with Gasteiger partial charge in [-0.25, -0.2) is 0 Å². The number of thioether (sulfide) groups is 1. The Morgan fingerprint density at radius 3 is 2.86 bits per heavy atom. The van der Waals surface area contributed by atoms with Gasteiger partial charge in [0, 0.05) is 10.5 Å². The van der Waals surface area contributed by atoms with Crippen LogP contribution in [0.1, 0.15) is 15.9 Å². The van der Waals surface area contributed by atoms with Crippen LogP contribution in [0.3, 0.4) is 0 Å². The zero-order valence-electron chi connectivity index (χ0n) is 11.8. The molecule has 0 spiro atoms. The van der Waals surface area contributed by atoms with E-state index in [0.717, 1.165) is 10.5 Å². The number of amides is 2. The molecule has 1 aliphatic heterocycles. The van der Waals surface area contributed by atoms with E-state index in [4.69, 9.17) is 11.6 Å². The molecule has 2 aromatic carbocycles. The molecule has 0 aromatic heterocycles. The number of aryl methyl sites for hydroxylation is 1. The van der Waals surface area contributed by atoms with Gasteiger partial charge in [-0.1, -0.05) is 17.7 Å². The maximum atomic E-state index is 12.3. The average molecular weight is 333 g/mol. The van der Waals surface area contributed by atoms with Crippen molar-refractivity contribution in [2.75, 3.05) is 16.4 Å². The lowest BCUT2D eigenvalue weighted by atomic mass is 10.1. The molecule has 3 rings (SSSR count). The fourth-order valence-corrected chi connectivity index (χ4v) is 3.21. The van der Waals surface area contributed by atoms with Crippen molar-refractivity contribution in [1.82, 2.24) is 0 Å². The predicted octanol–water partition coefficient (Wildman–Crippen LogP) is 3.94. The molecular weight excluding hydrogens is 320 g/mol. The number of anilines is 2. The number of halogens is 1. The standard InChI is InChI=1S/C16H13ClN2O2S/c1-9-2-4-12(11(17)6-9)19-16(21)10-3-5-14-13(7-10)18-15(20)8-22-14/h2-7H,8H2,1H3,(H,18,20)(H,19,21). The largest absolute Gasteiger partial charge is 0.324 e. The van der Waals surface area contributed by atoms with E-state index in [1.54, 1.807) is 24.3 Å². The highest BCUT2D eigenvalue weighted by atomic mass is 35.5. The van der Waals surface area contributed by atoms with Gasteiger partial charge >= 0.3 is 0 Å². The number of rotatable bonds is 2. The molecule has 2 amide bonds. The lowest BCUT2D eigenvalue weighted by Gasteiger charge is -2.17. The van der Waals surface area contributed by atoms with Crippen LogP contribution in [0.25, 0.3) is 0 Å². The third kappa shape index (κ3) is 3.10. The number of hydrogen-bond donors (Lipinski definition) is 2. The molecular formula is C16H13ClN2O2S. The van der Waals surface area contributed by atoms with Crippen molar-refractivity contribution in [2.45, 2.75) is 11.8 Å². The van der Waals surface area contributed by atoms with E-state index < -0.39 is 0 Å². The number of nitrogens with one attached hydrogen (secondary N) is 2. The Balaban J connectivity index is 1.83. The maximum Gasteiger partial charge on any atom is 0.255 e. The Bertz CT molecular complexity index is 777. The highest BCUT2D eigenvalue weighted by Crippen LogP contribution is 2.32. The van der Waals surface area contributed by atoms with E-state index in [1.807, 2.05) is 19.1 Å². The lowest BCUT2D eigenvalue weighted by molar-refractivity contribution is -0.113. The first-order valence-corrected chi connectivity index (χ1v) is 8.03. The van der Waals surface area contributed by atoms with Crippen molar-refractivity contribution >= 4 is 46.6 Å². The molecule has 0 aliphatic carbocycles. The zero-order valence-corrected chi connectivity index (χ0v) is 13.3. The quantitative estimate of drug-likeness (QED) is 0.875. The van der Waals surface area contributed by atoms with Crippen LogP contribution in [-0.4, -0.2) is 17.6 Å². The topological polar surface area (TPSA) is 58.2 Å². The second-order valence-electron chi connectivity index (χ2n) is 4.99. The van der Waals surface area contributed by atoms with Crippen LogP contribution < -0.4 is 10.6 Å². The molecule has 0 atom stereocenters. The summed E-state index contributed by atoms with van der Waals surface area (Å²) >= 11 is 7.58. The van der Waals surface area contributed by atoms with E-state index in [1.165, 1.54) is 11.8 Å². The highest BCUT2D eigenvalue weighted by molar-refractivity contribution is 8.00. The van der Waals surface area contributed by atoms with Crippen LogP contribution in [0.5, 0.6) is 0 Å². The lowest BCUT2D eigenvalue weighted by Crippen LogP contribution is -2.20. The summed E-state index contributed by atoms with van der Waals surface area (Å²) in [6, 6.07) is 10.7. The van der Waals surface area contributed by atoms with Gasteiger partial charge in [0.1, 0.15) is 0 Å². The summed E-state index contributed by atoms with van der Waals surface area (Å²) in [5.41, 5.74) is 2.73. The molecule has 0 radical (unpaired) electrons. The smallest absolute Gasteiger partial charge is 0.255 e. The third-order valence-corrected chi connectivity index (χ3v) is 4.63. The molecule has 1 heterocycles. The predicted molar refractivity (Wildman–Crippen MR) is 89.9 cm³/mol. The minimum atomic E-state index is -0.265. The second-order valence-corrected chi connectivity index (χ2v) is 6.41. The van der Waals surface area contributed by atoms with Gasteiger partial charge in [0.25, 0.3) is 5.91 Å². The fourth-order valence-electron chi connectivity index (χ4n) is 2.14. The molecule has 0 unspecified atom stereocenters. The SMILES string of the molecule is Cc1ccc(NC(=O)c2ccc3c(c2)NC(=O)CS3)c(Cl)c1. The highest BCUT2D eigenvalue weighted by Gasteiger charge is 2.17. The van der Waals surface area contributed by atoms with Crippen LogP contribution in [0.2, 0.25) is 5.02 Å². The van der Waals surface area contributed by atoms with E-state index >= 15 is 0 Å². The summed E-state index contributed by atoms with van der Waals surface area (Å²) in [5.74, 6) is 0.0763. The summed E-state index contributed by atoms with van der Waals surface area (Å²) in [6.07, 6.45) is 0. The van der Waals surface area contributed by atoms with Crippen molar-refractivity contribution in [3.63, 3.8) is 0 Å². The molecule has 22 heavy (non-hydrogen) atoms. The van der Waals surface area contributed by atoms with Crippen LogP contribution in [0.4, 0.5) is 11.4 Å². The van der Waals surface area contributed by atoms with Crippen LogP contribution in [0, 0.1) is 6.92 Å². The van der Waals surface area contributed by atoms with Crippen molar-refractivity contribution in [2.24, 2.45) is 0 Å². The second kappa shape index (κ2) is 6.02. The minimum absolute atomic E-state index is 0.0587. The average Bonchev–Trinajstić information content (AvgIpc) is 2.49. The van der Waals surface area contributed by atoms with Gasteiger partial charge in [-0.3, -0.25) is 9.59 Å². The summed E-state index contributed by atoms with van der Waals surface area (Å²) in [4.78, 5) is 24.7. The molecule has 6 heteroatoms. The number of benzene rings is 2. The molecule has 0 fully saturated rings. The van der Waals surface area contributed by atoms with Gasteiger partial charge < -0.3 is 10.6 Å². The zero-order chi connectivity index (χ0) is 15.7. The number of hydrogen-bond acceptors (Lipinski definition) is 3. The molecule has 2 N–H and O–H groups in total. The Morgan fingerprint density at radius 1 is 1.27 bits per heavy atom. The van der Waals surface area contributed by atoms with Crippen LogP contribution >= 0.6 is 23.4 Å².